The SMILES string of the molecule is C=CCc1ccccc1O.C=CO. The molecule has 0 fully saturated rings. The highest BCUT2D eigenvalue weighted by Gasteiger charge is 1.93. The van der Waals surface area contributed by atoms with Crippen molar-refractivity contribution in [1.29, 1.82) is 0 Å². The Morgan fingerprint density at radius 1 is 1.23 bits per heavy atom. The van der Waals surface area contributed by atoms with E-state index in [1.54, 1.807) is 12.1 Å². The Kier molecular flexibility index (Phi) is 6.06. The van der Waals surface area contributed by atoms with Gasteiger partial charge in [0, 0.05) is 0 Å². The van der Waals surface area contributed by atoms with Gasteiger partial charge in [-0.05, 0) is 18.1 Å². The lowest BCUT2D eigenvalue weighted by molar-refractivity contribution is 0.469. The Hall–Kier alpha value is -1.70. The van der Waals surface area contributed by atoms with Crippen molar-refractivity contribution in [2.75, 3.05) is 0 Å². The number of aliphatic hydroxyl groups is 1. The quantitative estimate of drug-likeness (QED) is 0.540. The van der Waals surface area contributed by atoms with Crippen LogP contribution in [0.25, 0.3) is 0 Å². The van der Waals surface area contributed by atoms with Crippen LogP contribution in [-0.2, 0) is 6.42 Å². The molecule has 0 aliphatic rings. The van der Waals surface area contributed by atoms with Crippen LogP contribution >= 0.6 is 0 Å². The largest absolute Gasteiger partial charge is 0.516 e. The molecule has 2 heteroatoms. The first kappa shape index (κ1) is 11.3. The van der Waals surface area contributed by atoms with Gasteiger partial charge in [0.15, 0.2) is 0 Å². The molecule has 13 heavy (non-hydrogen) atoms. The van der Waals surface area contributed by atoms with Crippen molar-refractivity contribution in [3.05, 3.63) is 55.3 Å². The van der Waals surface area contributed by atoms with E-state index >= 15 is 0 Å². The molecule has 1 aromatic rings. The summed E-state index contributed by atoms with van der Waals surface area (Å²) in [6.45, 7) is 6.50. The minimum Gasteiger partial charge on any atom is -0.516 e. The zero-order valence-corrected chi connectivity index (χ0v) is 7.48. The second-order valence-electron chi connectivity index (χ2n) is 2.30. The molecule has 0 radical (unpaired) electrons. The lowest BCUT2D eigenvalue weighted by Gasteiger charge is -1.97. The second-order valence-corrected chi connectivity index (χ2v) is 2.30. The number of phenolic OH excluding ortho intramolecular Hbond substituents is 1. The molecule has 0 aliphatic carbocycles. The number of hydrogen-bond acceptors (Lipinski definition) is 2. The third kappa shape index (κ3) is 4.69. The number of aliphatic hydroxyl groups excluding tert-OH is 1. The Labute approximate surface area is 78.5 Å². The van der Waals surface area contributed by atoms with Crippen molar-refractivity contribution >= 4 is 0 Å². The molecule has 2 nitrogen and oxygen atoms in total. The van der Waals surface area contributed by atoms with E-state index in [4.69, 9.17) is 5.11 Å². The van der Waals surface area contributed by atoms with Gasteiger partial charge >= 0.3 is 0 Å². The average molecular weight is 178 g/mol. The van der Waals surface area contributed by atoms with Gasteiger partial charge in [-0.25, -0.2) is 0 Å². The van der Waals surface area contributed by atoms with Crippen LogP contribution in [-0.4, -0.2) is 10.2 Å². The van der Waals surface area contributed by atoms with E-state index in [-0.39, 0.29) is 0 Å². The van der Waals surface area contributed by atoms with E-state index in [1.165, 1.54) is 0 Å². The molecule has 0 atom stereocenters. The molecule has 1 rings (SSSR count). The topological polar surface area (TPSA) is 40.5 Å². The maximum Gasteiger partial charge on any atom is 0.119 e. The molecule has 1 aromatic carbocycles. The highest BCUT2D eigenvalue weighted by atomic mass is 16.3. The first-order chi connectivity index (χ1) is 6.26. The van der Waals surface area contributed by atoms with Crippen LogP contribution in [0.4, 0.5) is 0 Å². The first-order valence-electron chi connectivity index (χ1n) is 3.89. The monoisotopic (exact) mass is 178 g/mol. The van der Waals surface area contributed by atoms with Crippen LogP contribution in [0.5, 0.6) is 5.75 Å². The molecule has 70 valence electrons. The fraction of sp³-hybridized carbons (Fsp3) is 0.0909. The smallest absolute Gasteiger partial charge is 0.119 e. The van der Waals surface area contributed by atoms with Gasteiger partial charge in [0.25, 0.3) is 0 Å². The number of allylic oxidation sites excluding steroid dienone is 1. The van der Waals surface area contributed by atoms with E-state index in [9.17, 15) is 5.11 Å². The van der Waals surface area contributed by atoms with Crippen molar-refractivity contribution < 1.29 is 10.2 Å². The lowest BCUT2D eigenvalue weighted by atomic mass is 10.1. The summed E-state index contributed by atoms with van der Waals surface area (Å²) in [5, 5.41) is 16.5. The van der Waals surface area contributed by atoms with Gasteiger partial charge < -0.3 is 10.2 Å². The summed E-state index contributed by atoms with van der Waals surface area (Å²) >= 11 is 0. The standard InChI is InChI=1S/C9H10O.C2H4O/c1-2-5-8-6-3-4-7-9(8)10;1-2-3/h2-4,6-7,10H,1,5H2;2-3H,1H2. The molecule has 0 saturated heterocycles. The molecular weight excluding hydrogens is 164 g/mol. The predicted octanol–water partition coefficient (Wildman–Crippen LogP) is 2.81. The van der Waals surface area contributed by atoms with Crippen molar-refractivity contribution in [1.82, 2.24) is 0 Å². The Balaban J connectivity index is 0.000000424. The van der Waals surface area contributed by atoms with E-state index in [1.807, 2.05) is 18.2 Å². The summed E-state index contributed by atoms with van der Waals surface area (Å²) in [4.78, 5) is 0. The summed E-state index contributed by atoms with van der Waals surface area (Å²) < 4.78 is 0. The highest BCUT2D eigenvalue weighted by Crippen LogP contribution is 2.15. The van der Waals surface area contributed by atoms with Crippen molar-refractivity contribution in [3.8, 4) is 5.75 Å². The molecular formula is C11H14O2. The van der Waals surface area contributed by atoms with Gasteiger partial charge in [0.2, 0.25) is 0 Å². The van der Waals surface area contributed by atoms with Gasteiger partial charge in [-0.2, -0.15) is 0 Å². The fourth-order valence-electron chi connectivity index (χ4n) is 0.839. The molecule has 0 bridgehead atoms. The van der Waals surface area contributed by atoms with Gasteiger partial charge in [-0.3, -0.25) is 0 Å². The van der Waals surface area contributed by atoms with Crippen molar-refractivity contribution in [2.45, 2.75) is 6.42 Å². The summed E-state index contributed by atoms with van der Waals surface area (Å²) in [7, 11) is 0. The van der Waals surface area contributed by atoms with Crippen LogP contribution < -0.4 is 0 Å². The zero-order chi connectivity index (χ0) is 10.1. The van der Waals surface area contributed by atoms with E-state index in [0.29, 0.717) is 5.75 Å². The molecule has 2 N–H and O–H groups in total. The van der Waals surface area contributed by atoms with Gasteiger partial charge in [-0.1, -0.05) is 30.9 Å². The summed E-state index contributed by atoms with van der Waals surface area (Å²) in [6.07, 6.45) is 3.25. The molecule has 0 saturated carbocycles. The van der Waals surface area contributed by atoms with E-state index in [2.05, 4.69) is 13.2 Å². The molecule has 0 aromatic heterocycles. The first-order valence-corrected chi connectivity index (χ1v) is 3.89. The number of aromatic hydroxyl groups is 1. The number of phenols is 1. The highest BCUT2D eigenvalue weighted by molar-refractivity contribution is 5.32. The van der Waals surface area contributed by atoms with Gasteiger partial charge in [0.05, 0.1) is 6.26 Å². The number of para-hydroxylation sites is 1. The number of rotatable bonds is 2. The summed E-state index contributed by atoms with van der Waals surface area (Å²) in [5.41, 5.74) is 0.928. The Bertz CT molecular complexity index is 267. The summed E-state index contributed by atoms with van der Waals surface area (Å²) in [5.74, 6) is 0.349. The third-order valence-electron chi connectivity index (χ3n) is 1.36. The number of benzene rings is 1. The van der Waals surface area contributed by atoms with E-state index in [0.717, 1.165) is 18.2 Å². The van der Waals surface area contributed by atoms with Gasteiger partial charge in [0.1, 0.15) is 5.75 Å². The predicted molar refractivity (Wildman–Crippen MR) is 54.8 cm³/mol. The van der Waals surface area contributed by atoms with E-state index < -0.39 is 0 Å². The second kappa shape index (κ2) is 6.98. The summed E-state index contributed by atoms with van der Waals surface area (Å²) in [6, 6.07) is 7.27. The number of hydrogen-bond donors (Lipinski definition) is 2. The van der Waals surface area contributed by atoms with Gasteiger partial charge in [-0.15, -0.1) is 6.58 Å². The van der Waals surface area contributed by atoms with Crippen LogP contribution in [0.1, 0.15) is 5.56 Å². The Morgan fingerprint density at radius 2 is 1.77 bits per heavy atom. The zero-order valence-electron chi connectivity index (χ0n) is 7.48. The molecule has 0 unspecified atom stereocenters. The fourth-order valence-corrected chi connectivity index (χ4v) is 0.839. The molecule has 0 heterocycles. The minimum atomic E-state index is 0.349. The third-order valence-corrected chi connectivity index (χ3v) is 1.36. The average Bonchev–Trinajstić information content (AvgIpc) is 2.11. The van der Waals surface area contributed by atoms with Crippen LogP contribution in [0, 0.1) is 0 Å². The maximum atomic E-state index is 9.19. The van der Waals surface area contributed by atoms with Crippen molar-refractivity contribution in [3.63, 3.8) is 0 Å². The molecule has 0 spiro atoms. The molecule has 0 amide bonds. The Morgan fingerprint density at radius 3 is 2.23 bits per heavy atom. The lowest BCUT2D eigenvalue weighted by Crippen LogP contribution is -1.79. The normalized spacial score (nSPS) is 8.00. The van der Waals surface area contributed by atoms with Crippen LogP contribution in [0.2, 0.25) is 0 Å². The van der Waals surface area contributed by atoms with Crippen molar-refractivity contribution in [2.24, 2.45) is 0 Å². The van der Waals surface area contributed by atoms with Crippen LogP contribution in [0.15, 0.2) is 49.8 Å². The van der Waals surface area contributed by atoms with Crippen LogP contribution in [0.3, 0.4) is 0 Å². The minimum absolute atomic E-state index is 0.349. The molecule has 0 aliphatic heterocycles. The maximum absolute atomic E-state index is 9.19.